The van der Waals surface area contributed by atoms with E-state index in [9.17, 15) is 14.4 Å². The lowest BCUT2D eigenvalue weighted by Gasteiger charge is -2.27. The average Bonchev–Trinajstić information content (AvgIpc) is 2.95. The van der Waals surface area contributed by atoms with Crippen LogP contribution in [0.25, 0.3) is 0 Å². The molecular weight excluding hydrogens is 362 g/mol. The monoisotopic (exact) mass is 400 g/mol. The SMILES string of the molecule is COC(=O)[C@H]1C[C@H](NC(=O)CCCCC[N+](C)(C)C)CN1C(=O)OC(C)(C)C. The zero-order valence-corrected chi connectivity index (χ0v) is 18.5. The summed E-state index contributed by atoms with van der Waals surface area (Å²) >= 11 is 0. The highest BCUT2D eigenvalue weighted by atomic mass is 16.6. The third-order valence-corrected chi connectivity index (χ3v) is 4.50. The molecule has 1 rings (SSSR count). The van der Waals surface area contributed by atoms with Gasteiger partial charge in [0.25, 0.3) is 0 Å². The molecule has 1 saturated heterocycles. The van der Waals surface area contributed by atoms with Gasteiger partial charge in [0.05, 0.1) is 34.8 Å². The second-order valence-corrected chi connectivity index (χ2v) is 9.50. The summed E-state index contributed by atoms with van der Waals surface area (Å²) in [6.45, 7) is 6.63. The number of carbonyl (C=O) groups is 3. The molecule has 0 aromatic rings. The summed E-state index contributed by atoms with van der Waals surface area (Å²) in [4.78, 5) is 38.1. The molecule has 0 aromatic heterocycles. The lowest BCUT2D eigenvalue weighted by molar-refractivity contribution is -0.870. The van der Waals surface area contributed by atoms with Gasteiger partial charge in [-0.05, 0) is 40.0 Å². The first kappa shape index (κ1) is 24.2. The fourth-order valence-electron chi connectivity index (χ4n) is 3.17. The number of amides is 2. The van der Waals surface area contributed by atoms with Gasteiger partial charge in [0.1, 0.15) is 11.6 Å². The molecule has 0 aromatic carbocycles. The van der Waals surface area contributed by atoms with Gasteiger partial charge >= 0.3 is 12.1 Å². The van der Waals surface area contributed by atoms with Crippen LogP contribution in [-0.4, -0.2) is 86.4 Å². The fraction of sp³-hybridized carbons (Fsp3) is 0.850. The van der Waals surface area contributed by atoms with Crippen LogP contribution in [0.5, 0.6) is 0 Å². The number of esters is 1. The molecule has 1 N–H and O–H groups in total. The van der Waals surface area contributed by atoms with Crippen LogP contribution in [0.3, 0.4) is 0 Å². The first-order chi connectivity index (χ1) is 12.8. The Balaban J connectivity index is 2.52. The number of nitrogens with zero attached hydrogens (tertiary/aromatic N) is 2. The van der Waals surface area contributed by atoms with Crippen LogP contribution in [0.2, 0.25) is 0 Å². The minimum Gasteiger partial charge on any atom is -0.467 e. The Labute approximate surface area is 169 Å². The molecule has 0 radical (unpaired) electrons. The smallest absolute Gasteiger partial charge is 0.411 e. The van der Waals surface area contributed by atoms with Crippen molar-refractivity contribution in [1.82, 2.24) is 10.2 Å². The zero-order valence-electron chi connectivity index (χ0n) is 18.5. The number of methoxy groups -OCH3 is 1. The van der Waals surface area contributed by atoms with E-state index in [1.807, 2.05) is 0 Å². The number of nitrogens with one attached hydrogen (secondary N) is 1. The molecule has 28 heavy (non-hydrogen) atoms. The van der Waals surface area contributed by atoms with Crippen LogP contribution in [0.4, 0.5) is 4.79 Å². The molecule has 1 aliphatic rings. The molecule has 8 nitrogen and oxygen atoms in total. The number of carbonyl (C=O) groups excluding carboxylic acids is 3. The van der Waals surface area contributed by atoms with Crippen molar-refractivity contribution in [3.63, 3.8) is 0 Å². The zero-order chi connectivity index (χ0) is 21.5. The van der Waals surface area contributed by atoms with Crippen LogP contribution in [0.1, 0.15) is 52.9 Å². The maximum absolute atomic E-state index is 12.4. The molecule has 162 valence electrons. The predicted molar refractivity (Wildman–Crippen MR) is 107 cm³/mol. The molecule has 1 fully saturated rings. The standard InChI is InChI=1S/C20H37N3O5/c1-20(2,3)28-19(26)22-14-15(13-16(22)18(25)27-7)21-17(24)11-9-8-10-12-23(4,5)6/h15-16H,8-14H2,1-7H3/p+1/t15-,16+/m0/s1. The summed E-state index contributed by atoms with van der Waals surface area (Å²) in [6.07, 6.45) is 3.12. The van der Waals surface area contributed by atoms with Crippen molar-refractivity contribution in [2.45, 2.75) is 70.6 Å². The predicted octanol–water partition coefficient (Wildman–Crippen LogP) is 1.92. The Hall–Kier alpha value is -1.83. The van der Waals surface area contributed by atoms with Gasteiger partial charge in [-0.1, -0.05) is 0 Å². The normalized spacial score (nSPS) is 20.0. The van der Waals surface area contributed by atoms with Crippen LogP contribution >= 0.6 is 0 Å². The Morgan fingerprint density at radius 1 is 1.11 bits per heavy atom. The van der Waals surface area contributed by atoms with Crippen molar-refractivity contribution in [1.29, 1.82) is 0 Å². The van der Waals surface area contributed by atoms with Gasteiger partial charge in [-0.2, -0.15) is 0 Å². The number of unbranched alkanes of at least 4 members (excludes halogenated alkanes) is 2. The minimum absolute atomic E-state index is 0.0510. The van der Waals surface area contributed by atoms with E-state index in [0.29, 0.717) is 12.8 Å². The number of hydrogen-bond acceptors (Lipinski definition) is 5. The Morgan fingerprint density at radius 3 is 2.29 bits per heavy atom. The third-order valence-electron chi connectivity index (χ3n) is 4.50. The van der Waals surface area contributed by atoms with Gasteiger partial charge < -0.3 is 19.3 Å². The lowest BCUT2D eigenvalue weighted by atomic mass is 10.1. The summed E-state index contributed by atoms with van der Waals surface area (Å²) in [7, 11) is 7.75. The van der Waals surface area contributed by atoms with E-state index >= 15 is 0 Å². The third kappa shape index (κ3) is 8.91. The van der Waals surface area contributed by atoms with E-state index in [0.717, 1.165) is 30.3 Å². The number of quaternary nitrogens is 1. The van der Waals surface area contributed by atoms with Crippen molar-refractivity contribution >= 4 is 18.0 Å². The molecule has 0 saturated carbocycles. The van der Waals surface area contributed by atoms with Crippen LogP contribution < -0.4 is 5.32 Å². The lowest BCUT2D eigenvalue weighted by Crippen LogP contribution is -2.44. The molecule has 0 spiro atoms. The Morgan fingerprint density at radius 2 is 1.75 bits per heavy atom. The van der Waals surface area contributed by atoms with E-state index in [-0.39, 0.29) is 18.5 Å². The summed E-state index contributed by atoms with van der Waals surface area (Å²) in [5.74, 6) is -0.548. The van der Waals surface area contributed by atoms with E-state index in [1.165, 1.54) is 12.0 Å². The number of likely N-dealkylation sites (tertiary alicyclic amines) is 1. The second kappa shape index (κ2) is 10.1. The first-order valence-corrected chi connectivity index (χ1v) is 9.99. The summed E-state index contributed by atoms with van der Waals surface area (Å²) in [5.41, 5.74) is -0.662. The van der Waals surface area contributed by atoms with Crippen molar-refractivity contribution < 1.29 is 28.3 Å². The van der Waals surface area contributed by atoms with Gasteiger partial charge in [0, 0.05) is 25.4 Å². The van der Waals surface area contributed by atoms with Crippen molar-refractivity contribution in [2.75, 3.05) is 41.3 Å². The topological polar surface area (TPSA) is 84.9 Å². The van der Waals surface area contributed by atoms with Gasteiger partial charge in [-0.25, -0.2) is 9.59 Å². The maximum Gasteiger partial charge on any atom is 0.411 e. The van der Waals surface area contributed by atoms with E-state index < -0.39 is 23.7 Å². The summed E-state index contributed by atoms with van der Waals surface area (Å²) in [6, 6.07) is -1.02. The van der Waals surface area contributed by atoms with E-state index in [4.69, 9.17) is 9.47 Å². The van der Waals surface area contributed by atoms with E-state index in [1.54, 1.807) is 20.8 Å². The second-order valence-electron chi connectivity index (χ2n) is 9.50. The Bertz CT molecular complexity index is 551. The van der Waals surface area contributed by atoms with Crippen LogP contribution in [0.15, 0.2) is 0 Å². The van der Waals surface area contributed by atoms with Crippen molar-refractivity contribution in [3.05, 3.63) is 0 Å². The maximum atomic E-state index is 12.4. The minimum atomic E-state index is -0.741. The fourth-order valence-corrected chi connectivity index (χ4v) is 3.17. The van der Waals surface area contributed by atoms with Crippen molar-refractivity contribution in [3.8, 4) is 0 Å². The van der Waals surface area contributed by atoms with Crippen LogP contribution in [0, 0.1) is 0 Å². The van der Waals surface area contributed by atoms with Gasteiger partial charge in [-0.15, -0.1) is 0 Å². The quantitative estimate of drug-likeness (QED) is 0.382. The van der Waals surface area contributed by atoms with E-state index in [2.05, 4.69) is 26.5 Å². The molecule has 8 heteroatoms. The largest absolute Gasteiger partial charge is 0.467 e. The molecule has 0 bridgehead atoms. The van der Waals surface area contributed by atoms with Crippen molar-refractivity contribution in [2.24, 2.45) is 0 Å². The summed E-state index contributed by atoms with van der Waals surface area (Å²) in [5, 5.41) is 2.94. The average molecular weight is 401 g/mol. The highest BCUT2D eigenvalue weighted by Crippen LogP contribution is 2.22. The molecule has 2 atom stereocenters. The molecule has 1 aliphatic heterocycles. The molecule has 2 amide bonds. The highest BCUT2D eigenvalue weighted by molar-refractivity contribution is 5.83. The van der Waals surface area contributed by atoms with Gasteiger partial charge in [-0.3, -0.25) is 9.69 Å². The number of rotatable bonds is 8. The number of ether oxygens (including phenoxy) is 2. The van der Waals surface area contributed by atoms with Gasteiger partial charge in [0.2, 0.25) is 5.91 Å². The highest BCUT2D eigenvalue weighted by Gasteiger charge is 2.42. The molecular formula is C20H38N3O5+. The Kier molecular flexibility index (Phi) is 8.73. The van der Waals surface area contributed by atoms with Crippen LogP contribution in [-0.2, 0) is 19.1 Å². The van der Waals surface area contributed by atoms with Gasteiger partial charge in [0.15, 0.2) is 0 Å². The molecule has 0 aliphatic carbocycles. The number of hydrogen-bond donors (Lipinski definition) is 1. The first-order valence-electron chi connectivity index (χ1n) is 9.99. The molecule has 0 unspecified atom stereocenters. The molecule has 1 heterocycles. The summed E-state index contributed by atoms with van der Waals surface area (Å²) < 4.78 is 11.1.